The molecular formula is C13H20FN3. The molecule has 0 aliphatic heterocycles. The van der Waals surface area contributed by atoms with Crippen LogP contribution >= 0.6 is 0 Å². The summed E-state index contributed by atoms with van der Waals surface area (Å²) in [6, 6.07) is 2.12. The van der Waals surface area contributed by atoms with Crippen molar-refractivity contribution in [2.75, 3.05) is 11.4 Å². The van der Waals surface area contributed by atoms with Crippen LogP contribution in [-0.4, -0.2) is 17.6 Å². The van der Waals surface area contributed by atoms with E-state index >= 15 is 0 Å². The average Bonchev–Trinajstić information content (AvgIpc) is 3.10. The lowest BCUT2D eigenvalue weighted by atomic mass is 10.2. The Bertz CT molecular complexity index is 388. The normalized spacial score (nSPS) is 15.4. The van der Waals surface area contributed by atoms with Crippen LogP contribution in [-0.2, 0) is 6.54 Å². The van der Waals surface area contributed by atoms with Gasteiger partial charge in [0.1, 0.15) is 0 Å². The standard InChI is InChI=1S/C13H20FN3/c1-9(2)8-17(11-3-4-11)13-12(14)10(7-15)5-6-16-13/h5-6,9,11H,3-4,7-8,15H2,1-2H3. The molecule has 0 spiro atoms. The monoisotopic (exact) mass is 237 g/mol. The molecule has 1 aliphatic carbocycles. The third kappa shape index (κ3) is 2.75. The van der Waals surface area contributed by atoms with Gasteiger partial charge < -0.3 is 10.6 Å². The van der Waals surface area contributed by atoms with Gasteiger partial charge in [-0.1, -0.05) is 13.8 Å². The Morgan fingerprint density at radius 2 is 2.24 bits per heavy atom. The Balaban J connectivity index is 2.28. The maximum absolute atomic E-state index is 14.2. The van der Waals surface area contributed by atoms with Crippen LogP contribution in [0.25, 0.3) is 0 Å². The molecule has 0 amide bonds. The van der Waals surface area contributed by atoms with Crippen molar-refractivity contribution in [1.29, 1.82) is 0 Å². The second-order valence-corrected chi connectivity index (χ2v) is 5.09. The topological polar surface area (TPSA) is 42.2 Å². The number of rotatable bonds is 5. The van der Waals surface area contributed by atoms with Gasteiger partial charge >= 0.3 is 0 Å². The number of nitrogens with zero attached hydrogens (tertiary/aromatic N) is 2. The second kappa shape index (κ2) is 5.00. The highest BCUT2D eigenvalue weighted by atomic mass is 19.1. The molecule has 3 nitrogen and oxygen atoms in total. The van der Waals surface area contributed by atoms with Crippen LogP contribution in [0.4, 0.5) is 10.2 Å². The maximum atomic E-state index is 14.2. The van der Waals surface area contributed by atoms with E-state index in [4.69, 9.17) is 5.73 Å². The van der Waals surface area contributed by atoms with E-state index < -0.39 is 0 Å². The first-order chi connectivity index (χ1) is 8.13. The first-order valence-electron chi connectivity index (χ1n) is 6.23. The van der Waals surface area contributed by atoms with E-state index in [1.165, 1.54) is 0 Å². The van der Waals surface area contributed by atoms with Crippen molar-refractivity contribution in [3.8, 4) is 0 Å². The summed E-state index contributed by atoms with van der Waals surface area (Å²) in [5.74, 6) is 0.727. The minimum atomic E-state index is -0.248. The summed E-state index contributed by atoms with van der Waals surface area (Å²) in [6.07, 6.45) is 3.93. The number of nitrogens with two attached hydrogens (primary N) is 1. The Labute approximate surface area is 102 Å². The lowest BCUT2D eigenvalue weighted by molar-refractivity contribution is 0.562. The van der Waals surface area contributed by atoms with Gasteiger partial charge in [0.15, 0.2) is 11.6 Å². The maximum Gasteiger partial charge on any atom is 0.170 e. The summed E-state index contributed by atoms with van der Waals surface area (Å²) in [5.41, 5.74) is 6.07. The zero-order valence-electron chi connectivity index (χ0n) is 10.5. The van der Waals surface area contributed by atoms with E-state index in [0.29, 0.717) is 23.3 Å². The van der Waals surface area contributed by atoms with E-state index in [2.05, 4.69) is 23.7 Å². The van der Waals surface area contributed by atoms with Crippen molar-refractivity contribution in [2.45, 2.75) is 39.3 Å². The molecule has 0 unspecified atom stereocenters. The van der Waals surface area contributed by atoms with Gasteiger partial charge in [-0.2, -0.15) is 0 Å². The van der Waals surface area contributed by atoms with E-state index in [0.717, 1.165) is 19.4 Å². The minimum Gasteiger partial charge on any atom is -0.351 e. The fraction of sp³-hybridized carbons (Fsp3) is 0.615. The van der Waals surface area contributed by atoms with Gasteiger partial charge in [-0.15, -0.1) is 0 Å². The highest BCUT2D eigenvalue weighted by Gasteiger charge is 2.32. The Kier molecular flexibility index (Phi) is 3.62. The Morgan fingerprint density at radius 1 is 1.53 bits per heavy atom. The lowest BCUT2D eigenvalue weighted by Crippen LogP contribution is -2.31. The van der Waals surface area contributed by atoms with Crippen LogP contribution in [0.3, 0.4) is 0 Å². The smallest absolute Gasteiger partial charge is 0.170 e. The summed E-state index contributed by atoms with van der Waals surface area (Å²) in [6.45, 7) is 5.35. The minimum absolute atomic E-state index is 0.224. The molecule has 4 heteroatoms. The molecule has 0 radical (unpaired) electrons. The molecule has 94 valence electrons. The first-order valence-corrected chi connectivity index (χ1v) is 6.23. The lowest BCUT2D eigenvalue weighted by Gasteiger charge is -2.26. The van der Waals surface area contributed by atoms with E-state index in [-0.39, 0.29) is 12.4 Å². The zero-order chi connectivity index (χ0) is 12.4. The van der Waals surface area contributed by atoms with Gasteiger partial charge in [0.2, 0.25) is 0 Å². The molecule has 1 saturated carbocycles. The fourth-order valence-corrected chi connectivity index (χ4v) is 2.02. The third-order valence-electron chi connectivity index (χ3n) is 2.99. The van der Waals surface area contributed by atoms with Gasteiger partial charge in [0.25, 0.3) is 0 Å². The molecular weight excluding hydrogens is 217 g/mol. The molecule has 1 aromatic rings. The van der Waals surface area contributed by atoms with Crippen molar-refractivity contribution in [3.05, 3.63) is 23.6 Å². The quantitative estimate of drug-likeness (QED) is 0.854. The van der Waals surface area contributed by atoms with Crippen LogP contribution in [0.1, 0.15) is 32.3 Å². The van der Waals surface area contributed by atoms with Gasteiger partial charge in [-0.25, -0.2) is 9.37 Å². The number of aromatic nitrogens is 1. The van der Waals surface area contributed by atoms with Crippen molar-refractivity contribution >= 4 is 5.82 Å². The third-order valence-corrected chi connectivity index (χ3v) is 2.99. The average molecular weight is 237 g/mol. The predicted octanol–water partition coefficient (Wildman–Crippen LogP) is 2.30. The van der Waals surface area contributed by atoms with Gasteiger partial charge in [-0.3, -0.25) is 0 Å². The van der Waals surface area contributed by atoms with Crippen LogP contribution < -0.4 is 10.6 Å². The molecule has 0 saturated heterocycles. The molecule has 0 aromatic carbocycles. The number of hydrogen-bond acceptors (Lipinski definition) is 3. The molecule has 0 atom stereocenters. The molecule has 2 rings (SSSR count). The van der Waals surface area contributed by atoms with Crippen LogP contribution in [0, 0.1) is 11.7 Å². The summed E-state index contributed by atoms with van der Waals surface area (Å²) < 4.78 is 14.2. The van der Waals surface area contributed by atoms with Crippen molar-refractivity contribution in [3.63, 3.8) is 0 Å². The number of anilines is 1. The van der Waals surface area contributed by atoms with Gasteiger partial charge in [0.05, 0.1) is 0 Å². The van der Waals surface area contributed by atoms with Crippen LogP contribution in [0.5, 0.6) is 0 Å². The Morgan fingerprint density at radius 3 is 2.76 bits per heavy atom. The van der Waals surface area contributed by atoms with Crippen molar-refractivity contribution < 1.29 is 4.39 Å². The molecule has 1 fully saturated rings. The fourth-order valence-electron chi connectivity index (χ4n) is 2.02. The van der Waals surface area contributed by atoms with Gasteiger partial charge in [0, 0.05) is 30.9 Å². The van der Waals surface area contributed by atoms with E-state index in [1.807, 2.05) is 0 Å². The van der Waals surface area contributed by atoms with E-state index in [1.54, 1.807) is 12.3 Å². The molecule has 1 heterocycles. The number of hydrogen-bond donors (Lipinski definition) is 1. The van der Waals surface area contributed by atoms with Gasteiger partial charge in [-0.05, 0) is 24.8 Å². The van der Waals surface area contributed by atoms with Crippen LogP contribution in [0.2, 0.25) is 0 Å². The highest BCUT2D eigenvalue weighted by molar-refractivity contribution is 5.45. The first kappa shape index (κ1) is 12.3. The molecule has 0 bridgehead atoms. The summed E-state index contributed by atoms with van der Waals surface area (Å²) in [7, 11) is 0. The second-order valence-electron chi connectivity index (χ2n) is 5.09. The molecule has 1 aliphatic rings. The zero-order valence-corrected chi connectivity index (χ0v) is 10.5. The Hall–Kier alpha value is -1.16. The molecule has 2 N–H and O–H groups in total. The summed E-state index contributed by atoms with van der Waals surface area (Å²) >= 11 is 0. The number of halogens is 1. The van der Waals surface area contributed by atoms with Crippen LogP contribution in [0.15, 0.2) is 12.3 Å². The summed E-state index contributed by atoms with van der Waals surface area (Å²) in [4.78, 5) is 6.29. The van der Waals surface area contributed by atoms with Crippen molar-refractivity contribution in [2.24, 2.45) is 11.7 Å². The number of pyridine rings is 1. The van der Waals surface area contributed by atoms with E-state index in [9.17, 15) is 4.39 Å². The largest absolute Gasteiger partial charge is 0.351 e. The summed E-state index contributed by atoms with van der Waals surface area (Å²) in [5, 5.41) is 0. The SMILES string of the molecule is CC(C)CN(c1nccc(CN)c1F)C1CC1. The van der Waals surface area contributed by atoms with Crippen molar-refractivity contribution in [1.82, 2.24) is 4.98 Å². The molecule has 17 heavy (non-hydrogen) atoms. The highest BCUT2D eigenvalue weighted by Crippen LogP contribution is 2.33. The molecule has 1 aromatic heterocycles. The predicted molar refractivity (Wildman–Crippen MR) is 67.3 cm³/mol.